The summed E-state index contributed by atoms with van der Waals surface area (Å²) in [6.45, 7) is 2.28. The summed E-state index contributed by atoms with van der Waals surface area (Å²) in [6, 6.07) is -0.0939. The minimum atomic E-state index is -0.777. The average Bonchev–Trinajstić information content (AvgIpc) is 2.78. The quantitative estimate of drug-likeness (QED) is 0.670. The van der Waals surface area contributed by atoms with E-state index in [0.717, 1.165) is 51.4 Å². The van der Waals surface area contributed by atoms with Gasteiger partial charge in [-0.25, -0.2) is 4.79 Å². The van der Waals surface area contributed by atoms with Gasteiger partial charge in [0.1, 0.15) is 0 Å². The molecule has 2 amide bonds. The molecular weight excluding hydrogens is 312 g/mol. The minimum absolute atomic E-state index is 0.105. The maximum atomic E-state index is 12.1. The topological polar surface area (TPSA) is 78.4 Å². The van der Waals surface area contributed by atoms with E-state index in [1.807, 2.05) is 6.92 Å². The van der Waals surface area contributed by atoms with Crippen LogP contribution < -0.4 is 10.6 Å². The predicted molar refractivity (Wildman–Crippen MR) is 93.9 cm³/mol. The van der Waals surface area contributed by atoms with Crippen LogP contribution in [-0.2, 0) is 10.8 Å². The zero-order valence-electron chi connectivity index (χ0n) is 14.3. The van der Waals surface area contributed by atoms with E-state index >= 15 is 0 Å². The molecule has 2 saturated carbocycles. The van der Waals surface area contributed by atoms with E-state index in [1.54, 1.807) is 0 Å². The van der Waals surface area contributed by atoms with Gasteiger partial charge in [0.25, 0.3) is 0 Å². The standard InChI is InChI=1S/C17H32N2O3S/c1-2-23(22)15-9-7-8-14(12-15)19-16(20)18-13-17(21)10-5-3-4-6-11-17/h14-15,21H,2-13H2,1H3,(H2,18,19,20). The SMILES string of the molecule is CCS(=O)C1CCCC(NC(=O)NCC2(O)CCCCCC2)C1. The van der Waals surface area contributed by atoms with E-state index in [0.29, 0.717) is 12.3 Å². The molecule has 134 valence electrons. The lowest BCUT2D eigenvalue weighted by Gasteiger charge is -2.30. The lowest BCUT2D eigenvalue weighted by molar-refractivity contribution is 0.0275. The molecule has 23 heavy (non-hydrogen) atoms. The Kier molecular flexibility index (Phi) is 7.34. The van der Waals surface area contributed by atoms with Crippen molar-refractivity contribution in [3.05, 3.63) is 0 Å². The van der Waals surface area contributed by atoms with Crippen molar-refractivity contribution in [3.63, 3.8) is 0 Å². The molecule has 0 heterocycles. The van der Waals surface area contributed by atoms with Crippen LogP contribution in [0.4, 0.5) is 4.79 Å². The van der Waals surface area contributed by atoms with Crippen LogP contribution in [0.5, 0.6) is 0 Å². The number of hydrogen-bond donors (Lipinski definition) is 3. The van der Waals surface area contributed by atoms with Crippen molar-refractivity contribution in [2.75, 3.05) is 12.3 Å². The smallest absolute Gasteiger partial charge is 0.315 e. The molecule has 0 bridgehead atoms. The molecule has 6 heteroatoms. The Balaban J connectivity index is 1.74. The zero-order chi connectivity index (χ0) is 16.7. The van der Waals surface area contributed by atoms with Crippen molar-refractivity contribution in [2.45, 2.75) is 88.0 Å². The molecule has 0 saturated heterocycles. The lowest BCUT2D eigenvalue weighted by atomic mass is 9.94. The molecule has 3 atom stereocenters. The molecule has 0 aromatic heterocycles. The highest BCUT2D eigenvalue weighted by Crippen LogP contribution is 2.26. The van der Waals surface area contributed by atoms with Crippen LogP contribution in [0.1, 0.15) is 71.1 Å². The molecule has 2 fully saturated rings. The van der Waals surface area contributed by atoms with Gasteiger partial charge in [-0.1, -0.05) is 39.0 Å². The number of carbonyl (C=O) groups excluding carboxylic acids is 1. The van der Waals surface area contributed by atoms with Gasteiger partial charge in [0, 0.05) is 34.4 Å². The summed E-state index contributed by atoms with van der Waals surface area (Å²) in [7, 11) is -0.777. The van der Waals surface area contributed by atoms with Gasteiger partial charge in [0.15, 0.2) is 0 Å². The van der Waals surface area contributed by atoms with Gasteiger partial charge in [-0.3, -0.25) is 4.21 Å². The van der Waals surface area contributed by atoms with Crippen LogP contribution in [0, 0.1) is 0 Å². The van der Waals surface area contributed by atoms with Gasteiger partial charge in [0.2, 0.25) is 0 Å². The third kappa shape index (κ3) is 6.07. The Morgan fingerprint density at radius 1 is 1.17 bits per heavy atom. The Morgan fingerprint density at radius 3 is 2.52 bits per heavy atom. The fourth-order valence-electron chi connectivity index (χ4n) is 3.80. The largest absolute Gasteiger partial charge is 0.388 e. The summed E-state index contributed by atoms with van der Waals surface area (Å²) in [5.74, 6) is 0.691. The fourth-order valence-corrected chi connectivity index (χ4v) is 5.14. The maximum Gasteiger partial charge on any atom is 0.315 e. The number of urea groups is 1. The number of aliphatic hydroxyl groups is 1. The third-order valence-corrected chi connectivity index (χ3v) is 6.97. The number of amides is 2. The van der Waals surface area contributed by atoms with Crippen LogP contribution in [0.25, 0.3) is 0 Å². The molecule has 3 N–H and O–H groups in total. The summed E-state index contributed by atoms with van der Waals surface area (Å²) >= 11 is 0. The Bertz CT molecular complexity index is 409. The number of rotatable bonds is 5. The van der Waals surface area contributed by atoms with Crippen molar-refractivity contribution >= 4 is 16.8 Å². The van der Waals surface area contributed by atoms with E-state index in [1.165, 1.54) is 12.8 Å². The Labute approximate surface area is 142 Å². The van der Waals surface area contributed by atoms with Crippen molar-refractivity contribution in [2.24, 2.45) is 0 Å². The Hall–Kier alpha value is -0.620. The molecule has 2 aliphatic carbocycles. The van der Waals surface area contributed by atoms with Crippen molar-refractivity contribution < 1.29 is 14.1 Å². The van der Waals surface area contributed by atoms with Crippen LogP contribution in [-0.4, -0.2) is 44.5 Å². The van der Waals surface area contributed by atoms with Crippen LogP contribution in [0.3, 0.4) is 0 Å². The summed E-state index contributed by atoms with van der Waals surface area (Å²) in [5.41, 5.74) is -0.743. The first kappa shape index (κ1) is 18.7. The highest BCUT2D eigenvalue weighted by atomic mass is 32.2. The third-order valence-electron chi connectivity index (χ3n) is 5.23. The monoisotopic (exact) mass is 344 g/mol. The first-order valence-corrected chi connectivity index (χ1v) is 10.5. The fraction of sp³-hybridized carbons (Fsp3) is 0.941. The summed E-state index contributed by atoms with van der Waals surface area (Å²) in [6.07, 6.45) is 9.74. The predicted octanol–water partition coefficient (Wildman–Crippen LogP) is 2.45. The molecule has 0 radical (unpaired) electrons. The van der Waals surface area contributed by atoms with E-state index in [9.17, 15) is 14.1 Å². The van der Waals surface area contributed by atoms with Crippen LogP contribution in [0.15, 0.2) is 0 Å². The number of hydrogen-bond acceptors (Lipinski definition) is 3. The number of nitrogens with one attached hydrogen (secondary N) is 2. The molecule has 5 nitrogen and oxygen atoms in total. The van der Waals surface area contributed by atoms with Gasteiger partial charge in [-0.15, -0.1) is 0 Å². The summed E-state index contributed by atoms with van der Waals surface area (Å²) in [4.78, 5) is 12.1. The highest BCUT2D eigenvalue weighted by Gasteiger charge is 2.30. The van der Waals surface area contributed by atoms with Gasteiger partial charge in [0.05, 0.1) is 5.60 Å². The van der Waals surface area contributed by atoms with E-state index in [2.05, 4.69) is 10.6 Å². The first-order chi connectivity index (χ1) is 11.0. The molecule has 0 aliphatic heterocycles. The molecule has 2 aliphatic rings. The van der Waals surface area contributed by atoms with Crippen LogP contribution in [0.2, 0.25) is 0 Å². The minimum Gasteiger partial charge on any atom is -0.388 e. The van der Waals surface area contributed by atoms with Gasteiger partial charge in [-0.2, -0.15) is 0 Å². The second kappa shape index (κ2) is 9.02. The van der Waals surface area contributed by atoms with Gasteiger partial charge >= 0.3 is 6.03 Å². The molecule has 0 spiro atoms. The Morgan fingerprint density at radius 2 is 1.87 bits per heavy atom. The van der Waals surface area contributed by atoms with E-state index < -0.39 is 16.4 Å². The molecule has 2 rings (SSSR count). The van der Waals surface area contributed by atoms with Crippen LogP contribution >= 0.6 is 0 Å². The van der Waals surface area contributed by atoms with Gasteiger partial charge < -0.3 is 15.7 Å². The zero-order valence-corrected chi connectivity index (χ0v) is 15.1. The number of carbonyl (C=O) groups is 1. The van der Waals surface area contributed by atoms with E-state index in [4.69, 9.17) is 0 Å². The van der Waals surface area contributed by atoms with E-state index in [-0.39, 0.29) is 17.3 Å². The maximum absolute atomic E-state index is 12.1. The first-order valence-electron chi connectivity index (χ1n) is 9.16. The molecule has 3 unspecified atom stereocenters. The molecule has 0 aromatic rings. The normalized spacial score (nSPS) is 29.3. The second-order valence-corrected chi connectivity index (χ2v) is 9.13. The highest BCUT2D eigenvalue weighted by molar-refractivity contribution is 7.85. The van der Waals surface area contributed by atoms with Crippen molar-refractivity contribution in [1.82, 2.24) is 10.6 Å². The summed E-state index contributed by atoms with van der Waals surface area (Å²) < 4.78 is 12.0. The summed E-state index contributed by atoms with van der Waals surface area (Å²) in [5, 5.41) is 16.6. The lowest BCUT2D eigenvalue weighted by Crippen LogP contribution is -2.50. The van der Waals surface area contributed by atoms with Crippen molar-refractivity contribution in [3.8, 4) is 0 Å². The average molecular weight is 345 g/mol. The molecular formula is C17H32N2O3S. The second-order valence-electron chi connectivity index (χ2n) is 7.12. The van der Waals surface area contributed by atoms with Crippen molar-refractivity contribution in [1.29, 1.82) is 0 Å². The molecule has 0 aromatic carbocycles. The van der Waals surface area contributed by atoms with Gasteiger partial charge in [-0.05, 0) is 32.1 Å².